The van der Waals surface area contributed by atoms with Crippen LogP contribution in [0.4, 0.5) is 4.39 Å². The topological polar surface area (TPSA) is 91.4 Å². The maximum absolute atomic E-state index is 15.4. The lowest BCUT2D eigenvalue weighted by atomic mass is 10.0. The maximum Gasteiger partial charge on any atom is 0.255 e. The van der Waals surface area contributed by atoms with Crippen molar-refractivity contribution in [2.45, 2.75) is 17.6 Å². The Balaban J connectivity index is 1.64. The third-order valence-electron chi connectivity index (χ3n) is 6.00. The van der Waals surface area contributed by atoms with E-state index in [9.17, 15) is 13.2 Å². The number of nitrogens with zero attached hydrogens (tertiary/aromatic N) is 2. The van der Waals surface area contributed by atoms with Gasteiger partial charge in [-0.3, -0.25) is 9.36 Å². The molecule has 0 saturated heterocycles. The van der Waals surface area contributed by atoms with E-state index in [1.54, 1.807) is 18.2 Å². The highest BCUT2D eigenvalue weighted by atomic mass is 35.5. The predicted octanol–water partition coefficient (Wildman–Crippen LogP) is 5.73. The second-order valence-electron chi connectivity index (χ2n) is 8.38. The monoisotopic (exact) mass is 538 g/mol. The summed E-state index contributed by atoms with van der Waals surface area (Å²) in [6.45, 7) is 1.82. The van der Waals surface area contributed by atoms with E-state index in [4.69, 9.17) is 20.8 Å². The first-order valence-electron chi connectivity index (χ1n) is 11.1. The number of hydrogen-bond donors (Lipinski definition) is 0. The molecule has 0 N–H and O–H groups in total. The summed E-state index contributed by atoms with van der Waals surface area (Å²) in [5, 5.41) is 1.03. The average Bonchev–Trinajstić information content (AvgIpc) is 3.37. The average molecular weight is 539 g/mol. The van der Waals surface area contributed by atoms with Crippen LogP contribution >= 0.6 is 11.6 Å². The quantitative estimate of drug-likeness (QED) is 0.274. The molecule has 0 amide bonds. The van der Waals surface area contributed by atoms with Crippen molar-refractivity contribution in [1.29, 1.82) is 0 Å². The lowest BCUT2D eigenvalue weighted by Crippen LogP contribution is -2.18. The molecule has 0 aliphatic carbocycles. The summed E-state index contributed by atoms with van der Waals surface area (Å²) < 4.78 is 53.1. The molecule has 0 saturated carbocycles. The molecule has 10 heteroatoms. The van der Waals surface area contributed by atoms with Crippen LogP contribution in [-0.2, 0) is 15.6 Å². The lowest BCUT2D eigenvalue weighted by molar-refractivity contribution is 0.412. The standard InChI is InChI=1S/C27H20ClFN2O5S/c1-16-11-17(3-6-21(16)28)20-13-25(35-2)24(14-22(20)29)31-23-7-5-19(12-18(23)4-8-27(31)32)37(33,34)15-26-30-9-10-36-26/h3-14H,15H2,1-2H3. The number of halogens is 2. The van der Waals surface area contributed by atoms with Crippen LogP contribution < -0.4 is 10.3 Å². The van der Waals surface area contributed by atoms with Crippen LogP contribution in [0.25, 0.3) is 27.7 Å². The minimum absolute atomic E-state index is 0.0370. The predicted molar refractivity (Wildman–Crippen MR) is 139 cm³/mol. The van der Waals surface area contributed by atoms with Gasteiger partial charge in [0.15, 0.2) is 9.84 Å². The molecule has 2 aromatic heterocycles. The molecule has 2 heterocycles. The van der Waals surface area contributed by atoms with Gasteiger partial charge in [-0.05, 0) is 60.5 Å². The third kappa shape index (κ3) is 4.63. The van der Waals surface area contributed by atoms with Gasteiger partial charge >= 0.3 is 0 Å². The van der Waals surface area contributed by atoms with Crippen molar-refractivity contribution in [2.75, 3.05) is 7.11 Å². The molecule has 0 atom stereocenters. The molecule has 0 bridgehead atoms. The highest BCUT2D eigenvalue weighted by Gasteiger charge is 2.21. The third-order valence-corrected chi connectivity index (χ3v) is 8.02. The number of oxazole rings is 1. The molecule has 0 spiro atoms. The number of ether oxygens (including phenoxy) is 1. The summed E-state index contributed by atoms with van der Waals surface area (Å²) in [6, 6.07) is 15.1. The minimum Gasteiger partial charge on any atom is -0.495 e. The van der Waals surface area contributed by atoms with Gasteiger partial charge < -0.3 is 9.15 Å². The van der Waals surface area contributed by atoms with Crippen LogP contribution in [0.3, 0.4) is 0 Å². The highest BCUT2D eigenvalue weighted by molar-refractivity contribution is 7.90. The first-order valence-corrected chi connectivity index (χ1v) is 13.1. The van der Waals surface area contributed by atoms with Crippen molar-refractivity contribution >= 4 is 32.3 Å². The van der Waals surface area contributed by atoms with Gasteiger partial charge in [-0.25, -0.2) is 17.8 Å². The summed E-state index contributed by atoms with van der Waals surface area (Å²) in [7, 11) is -2.33. The van der Waals surface area contributed by atoms with Crippen molar-refractivity contribution in [3.05, 3.63) is 106 Å². The number of hydrogen-bond acceptors (Lipinski definition) is 6. The Labute approximate surface area is 216 Å². The molecule has 0 aliphatic rings. The van der Waals surface area contributed by atoms with Crippen molar-refractivity contribution < 1.29 is 22.0 Å². The van der Waals surface area contributed by atoms with Crippen molar-refractivity contribution in [2.24, 2.45) is 0 Å². The van der Waals surface area contributed by atoms with Crippen molar-refractivity contribution in [3.63, 3.8) is 0 Å². The number of methoxy groups -OCH3 is 1. The number of aryl methyl sites for hydroxylation is 1. The van der Waals surface area contributed by atoms with Gasteiger partial charge in [-0.1, -0.05) is 17.7 Å². The molecule has 5 rings (SSSR count). The zero-order valence-corrected chi connectivity index (χ0v) is 21.3. The van der Waals surface area contributed by atoms with Gasteiger partial charge in [0.05, 0.1) is 29.4 Å². The number of fused-ring (bicyclic) bond motifs is 1. The number of aromatic nitrogens is 2. The zero-order valence-electron chi connectivity index (χ0n) is 19.7. The van der Waals surface area contributed by atoms with Crippen molar-refractivity contribution in [3.8, 4) is 22.6 Å². The van der Waals surface area contributed by atoms with E-state index in [-0.39, 0.29) is 27.8 Å². The number of sulfone groups is 1. The van der Waals surface area contributed by atoms with Gasteiger partial charge in [-0.2, -0.15) is 0 Å². The zero-order chi connectivity index (χ0) is 26.3. The number of rotatable bonds is 6. The first-order chi connectivity index (χ1) is 17.7. The van der Waals surface area contributed by atoms with E-state index in [0.29, 0.717) is 21.5 Å². The van der Waals surface area contributed by atoms with Crippen LogP contribution in [0.1, 0.15) is 11.5 Å². The van der Waals surface area contributed by atoms with Gasteiger partial charge in [0.1, 0.15) is 23.6 Å². The first kappa shape index (κ1) is 24.7. The van der Waals surface area contributed by atoms with E-state index in [1.165, 1.54) is 66.6 Å². The second-order valence-corrected chi connectivity index (χ2v) is 10.8. The Bertz CT molecular complexity index is 1820. The highest BCUT2D eigenvalue weighted by Crippen LogP contribution is 2.35. The summed E-state index contributed by atoms with van der Waals surface area (Å²) in [5.74, 6) is -0.637. The van der Waals surface area contributed by atoms with Crippen LogP contribution in [-0.4, -0.2) is 25.1 Å². The summed E-state index contributed by atoms with van der Waals surface area (Å²) >= 11 is 6.12. The number of pyridine rings is 1. The van der Waals surface area contributed by atoms with Gasteiger partial charge in [0.25, 0.3) is 5.56 Å². The molecule has 0 fully saturated rings. The fraction of sp³-hybridized carbons (Fsp3) is 0.111. The normalized spacial score (nSPS) is 11.7. The molecule has 188 valence electrons. The molecule has 7 nitrogen and oxygen atoms in total. The Hall–Kier alpha value is -3.95. The van der Waals surface area contributed by atoms with Gasteiger partial charge in [0.2, 0.25) is 5.89 Å². The second kappa shape index (κ2) is 9.49. The van der Waals surface area contributed by atoms with Crippen LogP contribution in [0, 0.1) is 12.7 Å². The van der Waals surface area contributed by atoms with E-state index in [1.807, 2.05) is 6.92 Å². The maximum atomic E-state index is 15.4. The van der Waals surface area contributed by atoms with Crippen LogP contribution in [0.5, 0.6) is 5.75 Å². The fourth-order valence-electron chi connectivity index (χ4n) is 4.15. The van der Waals surface area contributed by atoms with Gasteiger partial charge in [0, 0.05) is 28.1 Å². The lowest BCUT2D eigenvalue weighted by Gasteiger charge is -2.17. The smallest absolute Gasteiger partial charge is 0.255 e. The Kier molecular flexibility index (Phi) is 6.35. The molecule has 0 radical (unpaired) electrons. The number of benzene rings is 3. The van der Waals surface area contributed by atoms with E-state index < -0.39 is 27.0 Å². The molecule has 3 aromatic carbocycles. The van der Waals surface area contributed by atoms with E-state index in [2.05, 4.69) is 4.98 Å². The van der Waals surface area contributed by atoms with Crippen molar-refractivity contribution in [1.82, 2.24) is 9.55 Å². The Morgan fingerprint density at radius 1 is 1.08 bits per heavy atom. The van der Waals surface area contributed by atoms with Crippen LogP contribution in [0.15, 0.2) is 87.2 Å². The summed E-state index contributed by atoms with van der Waals surface area (Å²) in [4.78, 5) is 16.9. The molecule has 5 aromatic rings. The van der Waals surface area contributed by atoms with Crippen LogP contribution in [0.2, 0.25) is 5.02 Å². The largest absolute Gasteiger partial charge is 0.495 e. The minimum atomic E-state index is -3.76. The molecule has 37 heavy (non-hydrogen) atoms. The molecule has 0 aliphatic heterocycles. The fourth-order valence-corrected chi connectivity index (χ4v) is 5.48. The molecular formula is C27H20ClFN2O5S. The SMILES string of the molecule is COc1cc(-c2ccc(Cl)c(C)c2)c(F)cc1-n1c(=O)ccc2cc(S(=O)(=O)Cc3ncco3)ccc21. The Morgan fingerprint density at radius 2 is 1.89 bits per heavy atom. The van der Waals surface area contributed by atoms with Gasteiger partial charge in [-0.15, -0.1) is 0 Å². The molecular weight excluding hydrogens is 519 g/mol. The van der Waals surface area contributed by atoms with E-state index in [0.717, 1.165) is 5.56 Å². The summed E-state index contributed by atoms with van der Waals surface area (Å²) in [5.41, 5.74) is 1.82. The summed E-state index contributed by atoms with van der Waals surface area (Å²) in [6.07, 6.45) is 2.67. The molecule has 0 unspecified atom stereocenters. The van der Waals surface area contributed by atoms with E-state index >= 15 is 4.39 Å². The Morgan fingerprint density at radius 3 is 2.59 bits per heavy atom.